The van der Waals surface area contributed by atoms with Gasteiger partial charge in [0.15, 0.2) is 0 Å². The molecule has 5 nitrogen and oxygen atoms in total. The normalized spacial score (nSPS) is 10.6. The van der Waals surface area contributed by atoms with Crippen molar-refractivity contribution in [2.45, 2.75) is 20.8 Å². The number of carbonyl (C=O) groups is 1. The van der Waals surface area contributed by atoms with E-state index in [-0.39, 0.29) is 5.91 Å². The van der Waals surface area contributed by atoms with Crippen LogP contribution in [-0.4, -0.2) is 22.4 Å². The second-order valence-electron chi connectivity index (χ2n) is 5.48. The number of carbonyl (C=O) groups excluding carboxylic acids is 1. The lowest BCUT2D eigenvalue weighted by atomic mass is 10.2. The Morgan fingerprint density at radius 2 is 1.95 bits per heavy atom. The summed E-state index contributed by atoms with van der Waals surface area (Å²) in [6.45, 7) is 6.89. The van der Waals surface area contributed by atoms with Crippen molar-refractivity contribution < 1.29 is 4.79 Å². The molecule has 0 bridgehead atoms. The van der Waals surface area contributed by atoms with E-state index in [1.807, 2.05) is 13.0 Å². The van der Waals surface area contributed by atoms with E-state index in [0.29, 0.717) is 28.1 Å². The van der Waals surface area contributed by atoms with Crippen molar-refractivity contribution in [3.8, 4) is 0 Å². The summed E-state index contributed by atoms with van der Waals surface area (Å²) in [5, 5.41) is 6.49. The van der Waals surface area contributed by atoms with Crippen molar-refractivity contribution in [2.24, 2.45) is 5.92 Å². The zero-order valence-electron chi connectivity index (χ0n) is 12.9. The molecule has 1 amide bonds. The maximum absolute atomic E-state index is 12.2. The van der Waals surface area contributed by atoms with Gasteiger partial charge in [-0.1, -0.05) is 31.5 Å². The van der Waals surface area contributed by atoms with E-state index in [1.165, 1.54) is 12.4 Å². The Bertz CT molecular complexity index is 656. The lowest BCUT2D eigenvalue weighted by Gasteiger charge is -2.09. The molecule has 0 spiro atoms. The third-order valence-electron chi connectivity index (χ3n) is 3.03. The van der Waals surface area contributed by atoms with Crippen molar-refractivity contribution in [1.29, 1.82) is 0 Å². The number of rotatable bonds is 5. The number of hydrogen-bond acceptors (Lipinski definition) is 4. The van der Waals surface area contributed by atoms with Gasteiger partial charge in [0.25, 0.3) is 5.91 Å². The minimum atomic E-state index is -0.263. The van der Waals surface area contributed by atoms with Crippen molar-refractivity contribution in [1.82, 2.24) is 9.97 Å². The predicted octanol–water partition coefficient (Wildman–Crippen LogP) is 3.76. The van der Waals surface area contributed by atoms with E-state index >= 15 is 0 Å². The minimum Gasteiger partial charge on any atom is -0.354 e. The van der Waals surface area contributed by atoms with Crippen LogP contribution >= 0.6 is 11.6 Å². The Kier molecular flexibility index (Phi) is 5.33. The third-order valence-corrected chi connectivity index (χ3v) is 3.27. The molecule has 1 heterocycles. The van der Waals surface area contributed by atoms with Crippen LogP contribution in [0.2, 0.25) is 5.02 Å². The van der Waals surface area contributed by atoms with Gasteiger partial charge in [-0.15, -0.1) is 0 Å². The second-order valence-corrected chi connectivity index (χ2v) is 5.92. The summed E-state index contributed by atoms with van der Waals surface area (Å²) in [5.74, 6) is 0.752. The Labute approximate surface area is 135 Å². The topological polar surface area (TPSA) is 66.9 Å². The van der Waals surface area contributed by atoms with E-state index in [9.17, 15) is 4.79 Å². The molecule has 0 atom stereocenters. The SMILES string of the molecule is Cc1ccc(Cl)cc1NC(=O)c1cnc(NCC(C)C)nc1. The Hall–Kier alpha value is -2.14. The standard InChI is InChI=1S/C16H19ClN4O/c1-10(2)7-18-16-19-8-12(9-20-16)15(22)21-14-6-13(17)5-4-11(14)3/h4-6,8-10H,7H2,1-3H3,(H,21,22)(H,18,19,20). The van der Waals surface area contributed by atoms with Crippen LogP contribution in [0.5, 0.6) is 0 Å². The van der Waals surface area contributed by atoms with Gasteiger partial charge in [0, 0.05) is 29.6 Å². The molecular weight excluding hydrogens is 300 g/mol. The van der Waals surface area contributed by atoms with Gasteiger partial charge in [-0.05, 0) is 30.5 Å². The fourth-order valence-electron chi connectivity index (χ4n) is 1.76. The molecule has 0 saturated heterocycles. The smallest absolute Gasteiger partial charge is 0.258 e. The molecule has 0 aliphatic rings. The van der Waals surface area contributed by atoms with Gasteiger partial charge in [-0.2, -0.15) is 0 Å². The van der Waals surface area contributed by atoms with Gasteiger partial charge in [-0.25, -0.2) is 9.97 Å². The molecule has 2 rings (SSSR count). The molecule has 1 aromatic heterocycles. The van der Waals surface area contributed by atoms with Crippen molar-refractivity contribution >= 4 is 29.1 Å². The number of amides is 1. The average molecular weight is 319 g/mol. The van der Waals surface area contributed by atoms with E-state index in [1.54, 1.807) is 12.1 Å². The molecule has 0 radical (unpaired) electrons. The van der Waals surface area contributed by atoms with Gasteiger partial charge >= 0.3 is 0 Å². The lowest BCUT2D eigenvalue weighted by molar-refractivity contribution is 0.102. The summed E-state index contributed by atoms with van der Waals surface area (Å²) in [6, 6.07) is 5.35. The van der Waals surface area contributed by atoms with Crippen LogP contribution in [-0.2, 0) is 0 Å². The largest absolute Gasteiger partial charge is 0.354 e. The number of nitrogens with one attached hydrogen (secondary N) is 2. The first-order chi connectivity index (χ1) is 10.5. The van der Waals surface area contributed by atoms with Gasteiger partial charge in [0.2, 0.25) is 5.95 Å². The Morgan fingerprint density at radius 1 is 1.27 bits per heavy atom. The summed E-state index contributed by atoms with van der Waals surface area (Å²) in [6.07, 6.45) is 3.01. The molecule has 22 heavy (non-hydrogen) atoms. The monoisotopic (exact) mass is 318 g/mol. The van der Waals surface area contributed by atoms with Crippen LogP contribution in [0.4, 0.5) is 11.6 Å². The summed E-state index contributed by atoms with van der Waals surface area (Å²) >= 11 is 5.94. The average Bonchev–Trinajstić information content (AvgIpc) is 2.49. The quantitative estimate of drug-likeness (QED) is 0.881. The number of aromatic nitrogens is 2. The van der Waals surface area contributed by atoms with Crippen LogP contribution in [0, 0.1) is 12.8 Å². The first-order valence-electron chi connectivity index (χ1n) is 7.09. The molecule has 0 aliphatic carbocycles. The highest BCUT2D eigenvalue weighted by molar-refractivity contribution is 6.31. The maximum Gasteiger partial charge on any atom is 0.258 e. The molecule has 0 fully saturated rings. The Morgan fingerprint density at radius 3 is 2.59 bits per heavy atom. The first kappa shape index (κ1) is 16.2. The number of anilines is 2. The zero-order valence-corrected chi connectivity index (χ0v) is 13.6. The Balaban J connectivity index is 2.05. The number of hydrogen-bond donors (Lipinski definition) is 2. The first-order valence-corrected chi connectivity index (χ1v) is 7.47. The molecule has 2 aromatic rings. The zero-order chi connectivity index (χ0) is 16.1. The summed E-state index contributed by atoms with van der Waals surface area (Å²) in [7, 11) is 0. The van der Waals surface area contributed by atoms with Crippen LogP contribution in [0.15, 0.2) is 30.6 Å². The van der Waals surface area contributed by atoms with E-state index in [0.717, 1.165) is 12.1 Å². The predicted molar refractivity (Wildman–Crippen MR) is 89.5 cm³/mol. The van der Waals surface area contributed by atoms with Crippen LogP contribution < -0.4 is 10.6 Å². The van der Waals surface area contributed by atoms with Crippen molar-refractivity contribution in [3.63, 3.8) is 0 Å². The highest BCUT2D eigenvalue weighted by atomic mass is 35.5. The molecule has 2 N–H and O–H groups in total. The summed E-state index contributed by atoms with van der Waals surface area (Å²) < 4.78 is 0. The van der Waals surface area contributed by atoms with Gasteiger partial charge in [0.05, 0.1) is 5.56 Å². The third kappa shape index (κ3) is 4.43. The van der Waals surface area contributed by atoms with E-state index < -0.39 is 0 Å². The van der Waals surface area contributed by atoms with Gasteiger partial charge < -0.3 is 10.6 Å². The summed E-state index contributed by atoms with van der Waals surface area (Å²) in [5.41, 5.74) is 2.02. The fraction of sp³-hybridized carbons (Fsp3) is 0.312. The van der Waals surface area contributed by atoms with Crippen molar-refractivity contribution in [3.05, 3.63) is 46.7 Å². The lowest BCUT2D eigenvalue weighted by Crippen LogP contribution is -2.15. The molecule has 0 aliphatic heterocycles. The van der Waals surface area contributed by atoms with E-state index in [2.05, 4.69) is 34.4 Å². The number of benzene rings is 1. The molecule has 0 saturated carbocycles. The number of nitrogens with zero attached hydrogens (tertiary/aromatic N) is 2. The van der Waals surface area contributed by atoms with Crippen molar-refractivity contribution in [2.75, 3.05) is 17.2 Å². The van der Waals surface area contributed by atoms with Gasteiger partial charge in [0.1, 0.15) is 0 Å². The van der Waals surface area contributed by atoms with E-state index in [4.69, 9.17) is 11.6 Å². The van der Waals surface area contributed by atoms with Gasteiger partial charge in [-0.3, -0.25) is 4.79 Å². The molecule has 116 valence electrons. The van der Waals surface area contributed by atoms with Crippen LogP contribution in [0.3, 0.4) is 0 Å². The maximum atomic E-state index is 12.2. The van der Waals surface area contributed by atoms with Crippen LogP contribution in [0.1, 0.15) is 29.8 Å². The fourth-order valence-corrected chi connectivity index (χ4v) is 1.93. The second kappa shape index (κ2) is 7.22. The minimum absolute atomic E-state index is 0.263. The number of aryl methyl sites for hydroxylation is 1. The molecular formula is C16H19ClN4O. The summed E-state index contributed by atoms with van der Waals surface area (Å²) in [4.78, 5) is 20.5. The molecule has 1 aromatic carbocycles. The highest BCUT2D eigenvalue weighted by Gasteiger charge is 2.09. The van der Waals surface area contributed by atoms with Crippen LogP contribution in [0.25, 0.3) is 0 Å². The number of halogens is 1. The molecule has 6 heteroatoms. The highest BCUT2D eigenvalue weighted by Crippen LogP contribution is 2.20. The molecule has 0 unspecified atom stereocenters.